The number of hydrogen-bond acceptors (Lipinski definition) is 3. The molecule has 1 saturated carbocycles. The maximum absolute atomic E-state index is 12.6. The zero-order valence-electron chi connectivity index (χ0n) is 10.3. The smallest absolute Gasteiger partial charge is 0.254 e. The highest BCUT2D eigenvalue weighted by Gasteiger charge is 2.33. The van der Waals surface area contributed by atoms with Crippen molar-refractivity contribution in [1.82, 2.24) is 9.88 Å². The molecule has 0 aliphatic heterocycles. The van der Waals surface area contributed by atoms with Gasteiger partial charge in [-0.3, -0.25) is 4.79 Å². The molecule has 0 saturated heterocycles. The van der Waals surface area contributed by atoms with Crippen LogP contribution in [0.25, 0.3) is 0 Å². The van der Waals surface area contributed by atoms with Crippen molar-refractivity contribution in [2.75, 3.05) is 0 Å². The van der Waals surface area contributed by atoms with Crippen molar-refractivity contribution in [2.24, 2.45) is 0 Å². The average Bonchev–Trinajstić information content (AvgIpc) is 3.12. The van der Waals surface area contributed by atoms with Crippen molar-refractivity contribution in [3.8, 4) is 0 Å². The summed E-state index contributed by atoms with van der Waals surface area (Å²) in [6, 6.07) is 7.95. The number of halogens is 1. The minimum Gasteiger partial charge on any atom is -0.329 e. The number of benzene rings is 1. The van der Waals surface area contributed by atoms with Crippen LogP contribution in [-0.4, -0.2) is 21.8 Å². The Balaban J connectivity index is 1.82. The first kappa shape index (κ1) is 12.8. The lowest BCUT2D eigenvalue weighted by atomic mass is 10.2. The van der Waals surface area contributed by atoms with E-state index in [1.807, 2.05) is 34.5 Å². The Hall–Kier alpha value is -1.20. The number of rotatable bonds is 4. The molecule has 2 aromatic rings. The fourth-order valence-electron chi connectivity index (χ4n) is 2.02. The molecule has 1 fully saturated rings. The largest absolute Gasteiger partial charge is 0.329 e. The Labute approximate surface area is 124 Å². The lowest BCUT2D eigenvalue weighted by Gasteiger charge is -2.21. The number of amides is 1. The predicted octanol–water partition coefficient (Wildman–Crippen LogP) is 3.71. The van der Waals surface area contributed by atoms with E-state index in [4.69, 9.17) is 0 Å². The number of hydrogen-bond donors (Lipinski definition) is 0. The molecule has 3 rings (SSSR count). The number of thiazole rings is 1. The second-order valence-electron chi connectivity index (χ2n) is 4.60. The highest BCUT2D eigenvalue weighted by molar-refractivity contribution is 9.10. The quantitative estimate of drug-likeness (QED) is 0.852. The first-order chi connectivity index (χ1) is 9.24. The molecule has 0 bridgehead atoms. The van der Waals surface area contributed by atoms with Crippen LogP contribution in [0.4, 0.5) is 0 Å². The van der Waals surface area contributed by atoms with Crippen LogP contribution in [-0.2, 0) is 6.54 Å². The van der Waals surface area contributed by atoms with Crippen molar-refractivity contribution in [3.63, 3.8) is 0 Å². The van der Waals surface area contributed by atoms with Crippen LogP contribution in [0.3, 0.4) is 0 Å². The van der Waals surface area contributed by atoms with Gasteiger partial charge < -0.3 is 4.90 Å². The number of aromatic nitrogens is 1. The number of carbonyl (C=O) groups is 1. The van der Waals surface area contributed by atoms with Crippen molar-refractivity contribution in [3.05, 3.63) is 50.9 Å². The van der Waals surface area contributed by atoms with Crippen molar-refractivity contribution in [1.29, 1.82) is 0 Å². The fraction of sp³-hybridized carbons (Fsp3) is 0.286. The van der Waals surface area contributed by atoms with Crippen LogP contribution in [0, 0.1) is 0 Å². The molecule has 0 spiro atoms. The van der Waals surface area contributed by atoms with E-state index in [-0.39, 0.29) is 5.91 Å². The summed E-state index contributed by atoms with van der Waals surface area (Å²) in [5, 5.41) is 2.94. The first-order valence-corrected chi connectivity index (χ1v) is 7.86. The van der Waals surface area contributed by atoms with Crippen LogP contribution in [0.5, 0.6) is 0 Å². The first-order valence-electron chi connectivity index (χ1n) is 6.19. The van der Waals surface area contributed by atoms with Crippen LogP contribution >= 0.6 is 27.3 Å². The Bertz CT molecular complexity index is 581. The molecule has 0 atom stereocenters. The van der Waals surface area contributed by atoms with Gasteiger partial charge in [0.25, 0.3) is 5.91 Å². The van der Waals surface area contributed by atoms with Crippen molar-refractivity contribution < 1.29 is 4.79 Å². The molecule has 1 amide bonds. The van der Waals surface area contributed by atoms with Crippen LogP contribution < -0.4 is 0 Å². The second-order valence-corrected chi connectivity index (χ2v) is 6.50. The minimum atomic E-state index is 0.0963. The van der Waals surface area contributed by atoms with E-state index in [0.29, 0.717) is 12.6 Å². The maximum Gasteiger partial charge on any atom is 0.254 e. The fourth-order valence-corrected chi connectivity index (χ4v) is 3.03. The Kier molecular flexibility index (Phi) is 3.66. The lowest BCUT2D eigenvalue weighted by molar-refractivity contribution is 0.0729. The van der Waals surface area contributed by atoms with Gasteiger partial charge in [-0.2, -0.15) is 0 Å². The van der Waals surface area contributed by atoms with Gasteiger partial charge in [0.2, 0.25) is 0 Å². The molecule has 0 radical (unpaired) electrons. The van der Waals surface area contributed by atoms with Gasteiger partial charge in [0.05, 0.1) is 6.54 Å². The summed E-state index contributed by atoms with van der Waals surface area (Å²) in [4.78, 5) is 18.8. The van der Waals surface area contributed by atoms with Crippen LogP contribution in [0.2, 0.25) is 0 Å². The van der Waals surface area contributed by atoms with E-state index in [0.717, 1.165) is 27.9 Å². The third kappa shape index (κ3) is 3.04. The minimum absolute atomic E-state index is 0.0963. The van der Waals surface area contributed by atoms with Gasteiger partial charge in [-0.25, -0.2) is 4.98 Å². The molecule has 1 aromatic heterocycles. The summed E-state index contributed by atoms with van der Waals surface area (Å²) >= 11 is 5.01. The van der Waals surface area contributed by atoms with Gasteiger partial charge in [0.1, 0.15) is 5.01 Å². The lowest BCUT2D eigenvalue weighted by Crippen LogP contribution is -2.32. The summed E-state index contributed by atoms with van der Waals surface area (Å²) in [6.45, 7) is 0.619. The van der Waals surface area contributed by atoms with Gasteiger partial charge in [0, 0.05) is 27.7 Å². The van der Waals surface area contributed by atoms with Crippen molar-refractivity contribution >= 4 is 33.2 Å². The number of carbonyl (C=O) groups excluding carboxylic acids is 1. The Morgan fingerprint density at radius 3 is 2.95 bits per heavy atom. The SMILES string of the molecule is O=C(c1cccc(Br)c1)N(Cc1nccs1)C1CC1. The molecular weight excluding hydrogens is 324 g/mol. The highest BCUT2D eigenvalue weighted by atomic mass is 79.9. The molecule has 0 unspecified atom stereocenters. The third-order valence-corrected chi connectivity index (χ3v) is 4.37. The van der Waals surface area contributed by atoms with Gasteiger partial charge >= 0.3 is 0 Å². The Morgan fingerprint density at radius 2 is 2.32 bits per heavy atom. The van der Waals surface area contributed by atoms with E-state index in [2.05, 4.69) is 20.9 Å². The topological polar surface area (TPSA) is 33.2 Å². The summed E-state index contributed by atoms with van der Waals surface area (Å²) in [7, 11) is 0. The normalized spacial score (nSPS) is 14.4. The standard InChI is InChI=1S/C14H13BrN2OS/c15-11-3-1-2-10(8-11)14(18)17(12-4-5-12)9-13-16-6-7-19-13/h1-3,6-8,12H,4-5,9H2. The maximum atomic E-state index is 12.6. The molecule has 1 aliphatic carbocycles. The zero-order valence-corrected chi connectivity index (χ0v) is 12.7. The van der Waals surface area contributed by atoms with Gasteiger partial charge in [-0.1, -0.05) is 22.0 Å². The van der Waals surface area contributed by atoms with Crippen LogP contribution in [0.15, 0.2) is 40.3 Å². The molecule has 98 valence electrons. The van der Waals surface area contributed by atoms with E-state index >= 15 is 0 Å². The molecule has 1 aliphatic rings. The van der Waals surface area contributed by atoms with E-state index in [9.17, 15) is 4.79 Å². The summed E-state index contributed by atoms with van der Waals surface area (Å²) in [5.41, 5.74) is 0.734. The monoisotopic (exact) mass is 336 g/mol. The highest BCUT2D eigenvalue weighted by Crippen LogP contribution is 2.30. The molecule has 19 heavy (non-hydrogen) atoms. The zero-order chi connectivity index (χ0) is 13.2. The van der Waals surface area contributed by atoms with Gasteiger partial charge in [-0.05, 0) is 31.0 Å². The molecule has 5 heteroatoms. The van der Waals surface area contributed by atoms with Gasteiger partial charge in [0.15, 0.2) is 0 Å². The Morgan fingerprint density at radius 1 is 1.47 bits per heavy atom. The molecule has 0 N–H and O–H groups in total. The molecule has 3 nitrogen and oxygen atoms in total. The molecular formula is C14H13BrN2OS. The summed E-state index contributed by atoms with van der Waals surface area (Å²) < 4.78 is 0.934. The van der Waals surface area contributed by atoms with Crippen LogP contribution in [0.1, 0.15) is 28.2 Å². The number of nitrogens with zero attached hydrogens (tertiary/aromatic N) is 2. The van der Waals surface area contributed by atoms with E-state index in [1.165, 1.54) is 0 Å². The van der Waals surface area contributed by atoms with E-state index in [1.54, 1.807) is 17.5 Å². The van der Waals surface area contributed by atoms with Crippen molar-refractivity contribution in [2.45, 2.75) is 25.4 Å². The summed E-state index contributed by atoms with van der Waals surface area (Å²) in [6.07, 6.45) is 3.99. The summed E-state index contributed by atoms with van der Waals surface area (Å²) in [5.74, 6) is 0.0963. The van der Waals surface area contributed by atoms with E-state index < -0.39 is 0 Å². The van der Waals surface area contributed by atoms with Gasteiger partial charge in [-0.15, -0.1) is 11.3 Å². The molecule has 1 aromatic carbocycles. The molecule has 1 heterocycles. The third-order valence-electron chi connectivity index (χ3n) is 3.11. The predicted molar refractivity (Wildman–Crippen MR) is 79.2 cm³/mol. The average molecular weight is 337 g/mol. The second kappa shape index (κ2) is 5.43.